The maximum atomic E-state index is 5.38. The summed E-state index contributed by atoms with van der Waals surface area (Å²) in [6, 6.07) is 59.6. The van der Waals surface area contributed by atoms with Gasteiger partial charge in [0.2, 0.25) is 0 Å². The van der Waals surface area contributed by atoms with Crippen LogP contribution in [0.5, 0.6) is 0 Å². The van der Waals surface area contributed by atoms with Gasteiger partial charge in [0.15, 0.2) is 0 Å². The van der Waals surface area contributed by atoms with Gasteiger partial charge in [-0.1, -0.05) is 127 Å². The molecule has 0 unspecified atom stereocenters. The standard InChI is InChI=1S/C48H38N4/c1-33-22-26-38(27-23-33)52-47-21-13-11-19-40(47)42-31-37(25-29-48(42)52)36-24-28-44(41(30-36)39-18-10-12-20-43(39)49-2)51-46(35-16-8-5-9-17-35)32-45(50-3)34-14-6-4-7-15-34/h4-32,49H,3H2,1-2H3/b45-32-,51-46?. The fraction of sp³-hybridized carbons (Fsp3) is 0.0417. The summed E-state index contributed by atoms with van der Waals surface area (Å²) in [5.74, 6) is 0. The van der Waals surface area contributed by atoms with E-state index in [1.165, 1.54) is 27.4 Å². The molecular weight excluding hydrogens is 633 g/mol. The minimum Gasteiger partial charge on any atom is -0.388 e. The molecule has 0 atom stereocenters. The first-order valence-electron chi connectivity index (χ1n) is 17.5. The third kappa shape index (κ3) is 6.23. The molecule has 0 saturated heterocycles. The van der Waals surface area contributed by atoms with Crippen molar-refractivity contribution in [1.29, 1.82) is 0 Å². The van der Waals surface area contributed by atoms with Crippen LogP contribution >= 0.6 is 0 Å². The van der Waals surface area contributed by atoms with Crippen LogP contribution in [0.3, 0.4) is 0 Å². The van der Waals surface area contributed by atoms with E-state index in [9.17, 15) is 0 Å². The molecule has 7 aromatic carbocycles. The maximum absolute atomic E-state index is 5.38. The Labute approximate surface area is 304 Å². The zero-order valence-electron chi connectivity index (χ0n) is 29.3. The van der Waals surface area contributed by atoms with Crippen molar-refractivity contribution in [2.24, 2.45) is 9.98 Å². The van der Waals surface area contributed by atoms with Gasteiger partial charge in [-0.3, -0.25) is 4.99 Å². The molecule has 0 aliphatic heterocycles. The summed E-state index contributed by atoms with van der Waals surface area (Å²) < 4.78 is 2.36. The lowest BCUT2D eigenvalue weighted by Gasteiger charge is -2.15. The first-order valence-corrected chi connectivity index (χ1v) is 17.5. The first-order chi connectivity index (χ1) is 25.6. The molecule has 0 bridgehead atoms. The molecule has 0 saturated carbocycles. The summed E-state index contributed by atoms with van der Waals surface area (Å²) in [7, 11) is 1.96. The number of para-hydroxylation sites is 2. The van der Waals surface area contributed by atoms with Crippen LogP contribution in [0.1, 0.15) is 16.7 Å². The van der Waals surface area contributed by atoms with Crippen LogP contribution < -0.4 is 5.32 Å². The molecule has 52 heavy (non-hydrogen) atoms. The van der Waals surface area contributed by atoms with Gasteiger partial charge in [0.1, 0.15) is 0 Å². The molecule has 4 nitrogen and oxygen atoms in total. The van der Waals surface area contributed by atoms with Gasteiger partial charge in [0, 0.05) is 51.4 Å². The number of nitrogens with one attached hydrogen (secondary N) is 1. The molecule has 0 amide bonds. The van der Waals surface area contributed by atoms with Crippen molar-refractivity contribution in [3.05, 3.63) is 193 Å². The predicted octanol–water partition coefficient (Wildman–Crippen LogP) is 12.3. The normalized spacial score (nSPS) is 12.0. The average molecular weight is 671 g/mol. The predicted molar refractivity (Wildman–Crippen MR) is 223 cm³/mol. The zero-order valence-corrected chi connectivity index (χ0v) is 29.3. The number of anilines is 1. The number of aliphatic imine (C=N–C) groups is 2. The summed E-state index contributed by atoms with van der Waals surface area (Å²) >= 11 is 0. The Morgan fingerprint density at radius 2 is 1.23 bits per heavy atom. The van der Waals surface area contributed by atoms with Crippen LogP contribution in [-0.2, 0) is 0 Å². The van der Waals surface area contributed by atoms with Crippen molar-refractivity contribution in [1.82, 2.24) is 4.57 Å². The van der Waals surface area contributed by atoms with E-state index < -0.39 is 0 Å². The molecule has 1 N–H and O–H groups in total. The molecular formula is C48H38N4. The van der Waals surface area contributed by atoms with Gasteiger partial charge in [-0.05, 0) is 79.4 Å². The lowest BCUT2D eigenvalue weighted by atomic mass is 9.95. The highest BCUT2D eigenvalue weighted by Gasteiger charge is 2.16. The molecule has 0 fully saturated rings. The fourth-order valence-corrected chi connectivity index (χ4v) is 6.97. The van der Waals surface area contributed by atoms with Crippen LogP contribution in [0.4, 0.5) is 11.4 Å². The number of aromatic nitrogens is 1. The smallest absolute Gasteiger partial charge is 0.0731 e. The molecule has 250 valence electrons. The highest BCUT2D eigenvalue weighted by atomic mass is 15.0. The van der Waals surface area contributed by atoms with Crippen LogP contribution in [0, 0.1) is 6.92 Å². The van der Waals surface area contributed by atoms with E-state index in [1.807, 2.05) is 61.7 Å². The molecule has 1 heterocycles. The molecule has 1 aromatic heterocycles. The van der Waals surface area contributed by atoms with E-state index in [1.54, 1.807) is 0 Å². The second-order valence-corrected chi connectivity index (χ2v) is 12.9. The number of benzene rings is 7. The van der Waals surface area contributed by atoms with E-state index >= 15 is 0 Å². The van der Waals surface area contributed by atoms with Gasteiger partial charge in [0.25, 0.3) is 0 Å². The maximum Gasteiger partial charge on any atom is 0.0731 e. The number of hydrogen-bond acceptors (Lipinski definition) is 3. The van der Waals surface area contributed by atoms with Gasteiger partial charge in [-0.2, -0.15) is 0 Å². The molecule has 0 aliphatic rings. The molecule has 8 aromatic rings. The van der Waals surface area contributed by atoms with Gasteiger partial charge < -0.3 is 9.88 Å². The summed E-state index contributed by atoms with van der Waals surface area (Å²) in [5.41, 5.74) is 14.6. The summed E-state index contributed by atoms with van der Waals surface area (Å²) in [5, 5.41) is 5.85. The van der Waals surface area contributed by atoms with E-state index in [-0.39, 0.29) is 0 Å². The van der Waals surface area contributed by atoms with E-state index in [0.717, 1.165) is 61.9 Å². The lowest BCUT2D eigenvalue weighted by molar-refractivity contribution is 1.17. The van der Waals surface area contributed by atoms with Gasteiger partial charge in [-0.25, -0.2) is 4.99 Å². The minimum atomic E-state index is 0.759. The first kappa shape index (κ1) is 32.4. The molecule has 0 spiro atoms. The molecule has 8 rings (SSSR count). The van der Waals surface area contributed by atoms with Crippen molar-refractivity contribution >= 4 is 51.3 Å². The van der Waals surface area contributed by atoms with Crippen molar-refractivity contribution in [3.63, 3.8) is 0 Å². The number of allylic oxidation sites excluding steroid dienone is 1. The topological polar surface area (TPSA) is 41.7 Å². The number of aryl methyl sites for hydroxylation is 1. The quantitative estimate of drug-likeness (QED) is 0.153. The van der Waals surface area contributed by atoms with Gasteiger partial charge >= 0.3 is 0 Å². The Balaban J connectivity index is 1.32. The van der Waals surface area contributed by atoms with Crippen LogP contribution in [-0.4, -0.2) is 24.0 Å². The second kappa shape index (κ2) is 14.2. The third-order valence-corrected chi connectivity index (χ3v) is 9.61. The van der Waals surface area contributed by atoms with Crippen LogP contribution in [0.15, 0.2) is 186 Å². The fourth-order valence-electron chi connectivity index (χ4n) is 6.97. The van der Waals surface area contributed by atoms with Crippen molar-refractivity contribution < 1.29 is 0 Å². The highest BCUT2D eigenvalue weighted by Crippen LogP contribution is 2.40. The minimum absolute atomic E-state index is 0.759. The van der Waals surface area contributed by atoms with E-state index in [2.05, 4.69) is 150 Å². The van der Waals surface area contributed by atoms with Crippen molar-refractivity contribution in [2.45, 2.75) is 6.92 Å². The van der Waals surface area contributed by atoms with E-state index in [0.29, 0.717) is 0 Å². The largest absolute Gasteiger partial charge is 0.388 e. The Hall–Kier alpha value is -6.78. The average Bonchev–Trinajstić information content (AvgIpc) is 3.54. The monoisotopic (exact) mass is 670 g/mol. The summed E-state index contributed by atoms with van der Waals surface area (Å²) in [4.78, 5) is 9.80. The van der Waals surface area contributed by atoms with E-state index in [4.69, 9.17) is 4.99 Å². The van der Waals surface area contributed by atoms with Gasteiger partial charge in [0.05, 0.1) is 28.1 Å². The Morgan fingerprint density at radius 1 is 0.596 bits per heavy atom. The van der Waals surface area contributed by atoms with Crippen LogP contribution in [0.2, 0.25) is 0 Å². The number of rotatable bonds is 9. The zero-order chi connectivity index (χ0) is 35.4. The van der Waals surface area contributed by atoms with Crippen LogP contribution in [0.25, 0.3) is 55.4 Å². The Bertz CT molecular complexity index is 2610. The summed E-state index contributed by atoms with van der Waals surface area (Å²) in [6.45, 7) is 6.03. The number of nitrogens with zero attached hydrogens (tertiary/aromatic N) is 3. The third-order valence-electron chi connectivity index (χ3n) is 9.61. The molecule has 0 radical (unpaired) electrons. The number of fused-ring (bicyclic) bond motifs is 3. The molecule has 4 heteroatoms. The second-order valence-electron chi connectivity index (χ2n) is 12.9. The Kier molecular flexibility index (Phi) is 8.87. The lowest BCUT2D eigenvalue weighted by Crippen LogP contribution is -1.99. The number of hydrogen-bond donors (Lipinski definition) is 1. The summed E-state index contributed by atoms with van der Waals surface area (Å²) in [6.07, 6.45) is 2.02. The molecule has 0 aliphatic carbocycles. The van der Waals surface area contributed by atoms with Gasteiger partial charge in [-0.15, -0.1) is 0 Å². The highest BCUT2D eigenvalue weighted by molar-refractivity contribution is 6.14. The SMILES string of the molecule is C=N/C(=C\C(=Nc1ccc(-c2ccc3c(c2)c2ccccc2n3-c2ccc(C)cc2)cc1-c1ccccc1NC)c1ccccc1)c1ccccc1. The van der Waals surface area contributed by atoms with Crippen molar-refractivity contribution in [3.8, 4) is 27.9 Å². The van der Waals surface area contributed by atoms with Crippen molar-refractivity contribution in [2.75, 3.05) is 12.4 Å². The Morgan fingerprint density at radius 3 is 1.98 bits per heavy atom.